The van der Waals surface area contributed by atoms with Crippen LogP contribution in [0.4, 0.5) is 5.69 Å². The molecule has 3 N–H and O–H groups in total. The molecule has 0 aliphatic heterocycles. The first-order valence-corrected chi connectivity index (χ1v) is 9.96. The third-order valence-corrected chi connectivity index (χ3v) is 6.40. The molecule has 0 saturated heterocycles. The number of aromatic carboxylic acids is 1. The van der Waals surface area contributed by atoms with Gasteiger partial charge in [-0.1, -0.05) is 6.92 Å². The normalized spacial score (nSPS) is 10.4. The van der Waals surface area contributed by atoms with Crippen LogP contribution in [0.3, 0.4) is 0 Å². The third-order valence-electron chi connectivity index (χ3n) is 2.95. The molecule has 0 heterocycles. The number of carbonyl (C=O) groups excluding carboxylic acids is 2. The monoisotopic (exact) mass is 672 g/mol. The molecule has 0 spiro atoms. The number of carboxylic acids is 1. The summed E-state index contributed by atoms with van der Waals surface area (Å²) in [5.74, 6) is -1.61. The van der Waals surface area contributed by atoms with Gasteiger partial charge in [0.2, 0.25) is 11.8 Å². The number of hydrogen-bond donors (Lipinski definition) is 3. The average molecular weight is 672 g/mol. The molecule has 0 bridgehead atoms. The van der Waals surface area contributed by atoms with Crippen LogP contribution in [0.2, 0.25) is 0 Å². The molecule has 132 valence electrons. The Morgan fingerprint density at radius 1 is 1.08 bits per heavy atom. The molecular weight excluding hydrogens is 657 g/mol. The van der Waals surface area contributed by atoms with E-state index in [1.54, 1.807) is 6.92 Å². The zero-order chi connectivity index (χ0) is 18.4. The molecular formula is C14H15I3N2O5. The Morgan fingerprint density at radius 2 is 1.71 bits per heavy atom. The first kappa shape index (κ1) is 21.8. The molecule has 0 aliphatic carbocycles. The number of carboxylic acid groups (broad SMARTS) is 1. The van der Waals surface area contributed by atoms with Crippen molar-refractivity contribution in [2.75, 3.05) is 19.0 Å². The van der Waals surface area contributed by atoms with Crippen molar-refractivity contribution in [1.82, 2.24) is 5.32 Å². The third kappa shape index (κ3) is 5.39. The van der Waals surface area contributed by atoms with E-state index in [2.05, 4.69) is 10.6 Å². The van der Waals surface area contributed by atoms with Gasteiger partial charge in [0.05, 0.1) is 14.8 Å². The largest absolute Gasteiger partial charge is 0.478 e. The fourth-order valence-corrected chi connectivity index (χ4v) is 6.07. The van der Waals surface area contributed by atoms with E-state index in [9.17, 15) is 19.5 Å². The van der Waals surface area contributed by atoms with Gasteiger partial charge in [-0.2, -0.15) is 0 Å². The molecule has 0 fully saturated rings. The molecule has 0 radical (unpaired) electrons. The van der Waals surface area contributed by atoms with Crippen molar-refractivity contribution in [2.45, 2.75) is 19.9 Å². The molecule has 1 rings (SSSR count). The minimum absolute atomic E-state index is 0.102. The van der Waals surface area contributed by atoms with E-state index in [1.807, 2.05) is 67.8 Å². The van der Waals surface area contributed by atoms with Gasteiger partial charge < -0.3 is 20.5 Å². The van der Waals surface area contributed by atoms with Crippen molar-refractivity contribution < 1.29 is 24.2 Å². The maximum Gasteiger partial charge on any atom is 0.337 e. The SMILES string of the molecule is CCC(=O)NCc1c(I)c(NC(=O)COC)c(I)c(C(=O)O)c1I. The van der Waals surface area contributed by atoms with Gasteiger partial charge >= 0.3 is 5.97 Å². The van der Waals surface area contributed by atoms with Gasteiger partial charge in [-0.3, -0.25) is 9.59 Å². The lowest BCUT2D eigenvalue weighted by atomic mass is 10.1. The van der Waals surface area contributed by atoms with Crippen LogP contribution in [0.1, 0.15) is 29.3 Å². The molecule has 10 heteroatoms. The maximum absolute atomic E-state index is 11.8. The van der Waals surface area contributed by atoms with Crippen molar-refractivity contribution in [3.8, 4) is 0 Å². The maximum atomic E-state index is 11.8. The van der Waals surface area contributed by atoms with E-state index in [4.69, 9.17) is 4.74 Å². The lowest BCUT2D eigenvalue weighted by Crippen LogP contribution is -2.25. The number of methoxy groups -OCH3 is 1. The van der Waals surface area contributed by atoms with Crippen molar-refractivity contribution >= 4 is 91.2 Å². The van der Waals surface area contributed by atoms with Crippen LogP contribution in [0.15, 0.2) is 0 Å². The van der Waals surface area contributed by atoms with Crippen LogP contribution in [0.25, 0.3) is 0 Å². The quantitative estimate of drug-likeness (QED) is 0.387. The highest BCUT2D eigenvalue weighted by Crippen LogP contribution is 2.35. The molecule has 0 saturated carbocycles. The molecule has 1 aromatic carbocycles. The summed E-state index contributed by atoms with van der Waals surface area (Å²) in [7, 11) is 1.40. The predicted molar refractivity (Wildman–Crippen MR) is 114 cm³/mol. The van der Waals surface area contributed by atoms with Gasteiger partial charge in [-0.25, -0.2) is 4.79 Å². The molecule has 2 amide bonds. The Bertz CT molecular complexity index is 679. The van der Waals surface area contributed by atoms with Gasteiger partial charge in [0, 0.05) is 32.8 Å². The number of nitrogens with one attached hydrogen (secondary N) is 2. The summed E-state index contributed by atoms with van der Waals surface area (Å²) in [5.41, 5.74) is 1.17. The fraction of sp³-hybridized carbons (Fsp3) is 0.357. The van der Waals surface area contributed by atoms with Crippen LogP contribution in [-0.2, 0) is 20.9 Å². The smallest absolute Gasteiger partial charge is 0.337 e. The van der Waals surface area contributed by atoms with Gasteiger partial charge in [0.1, 0.15) is 6.61 Å². The highest BCUT2D eigenvalue weighted by atomic mass is 127. The number of halogens is 3. The number of ether oxygens (including phenoxy) is 1. The zero-order valence-corrected chi connectivity index (χ0v) is 19.3. The van der Waals surface area contributed by atoms with Crippen LogP contribution in [-0.4, -0.2) is 36.6 Å². The Labute approximate surface area is 180 Å². The number of carbonyl (C=O) groups is 3. The Kier molecular flexibility index (Phi) is 9.14. The number of anilines is 1. The zero-order valence-electron chi connectivity index (χ0n) is 12.8. The molecule has 0 atom stereocenters. The summed E-state index contributed by atoms with van der Waals surface area (Å²) in [6.45, 7) is 1.79. The van der Waals surface area contributed by atoms with Gasteiger partial charge in [-0.05, 0) is 67.8 Å². The van der Waals surface area contributed by atoms with Crippen molar-refractivity contribution in [3.05, 3.63) is 21.8 Å². The minimum Gasteiger partial charge on any atom is -0.478 e. The van der Waals surface area contributed by atoms with Crippen LogP contribution in [0, 0.1) is 10.7 Å². The average Bonchev–Trinajstić information content (AvgIpc) is 2.51. The number of hydrogen-bond acceptors (Lipinski definition) is 4. The van der Waals surface area contributed by atoms with E-state index in [-0.39, 0.29) is 30.5 Å². The lowest BCUT2D eigenvalue weighted by Gasteiger charge is -2.18. The first-order chi connectivity index (χ1) is 11.2. The molecule has 0 aliphatic rings. The second-order valence-electron chi connectivity index (χ2n) is 4.59. The highest BCUT2D eigenvalue weighted by molar-refractivity contribution is 14.1. The predicted octanol–water partition coefficient (Wildman–Crippen LogP) is 2.81. The van der Waals surface area contributed by atoms with E-state index in [0.717, 1.165) is 0 Å². The number of benzene rings is 1. The Balaban J connectivity index is 3.41. The summed E-state index contributed by atoms with van der Waals surface area (Å²) in [6.07, 6.45) is 0.334. The Morgan fingerprint density at radius 3 is 2.21 bits per heavy atom. The van der Waals surface area contributed by atoms with Gasteiger partial charge in [0.15, 0.2) is 0 Å². The molecule has 24 heavy (non-hydrogen) atoms. The van der Waals surface area contributed by atoms with Crippen LogP contribution < -0.4 is 10.6 Å². The molecule has 1 aromatic rings. The summed E-state index contributed by atoms with van der Waals surface area (Å²) in [6, 6.07) is 0. The van der Waals surface area contributed by atoms with E-state index in [0.29, 0.717) is 28.4 Å². The topological polar surface area (TPSA) is 105 Å². The lowest BCUT2D eigenvalue weighted by molar-refractivity contribution is -0.121. The summed E-state index contributed by atoms with van der Waals surface area (Å²) in [4.78, 5) is 35.0. The summed E-state index contributed by atoms with van der Waals surface area (Å²) < 4.78 is 6.45. The van der Waals surface area contributed by atoms with Crippen molar-refractivity contribution in [3.63, 3.8) is 0 Å². The van der Waals surface area contributed by atoms with Gasteiger partial charge in [-0.15, -0.1) is 0 Å². The van der Waals surface area contributed by atoms with Crippen molar-refractivity contribution in [1.29, 1.82) is 0 Å². The van der Waals surface area contributed by atoms with E-state index < -0.39 is 5.97 Å². The van der Waals surface area contributed by atoms with Crippen LogP contribution >= 0.6 is 67.8 Å². The highest BCUT2D eigenvalue weighted by Gasteiger charge is 2.25. The van der Waals surface area contributed by atoms with E-state index in [1.165, 1.54) is 7.11 Å². The number of amides is 2. The Hall–Kier alpha value is -0.220. The molecule has 0 aromatic heterocycles. The number of rotatable bonds is 7. The fourth-order valence-electron chi connectivity index (χ4n) is 1.79. The summed E-state index contributed by atoms with van der Waals surface area (Å²) >= 11 is 5.90. The van der Waals surface area contributed by atoms with Crippen molar-refractivity contribution in [2.24, 2.45) is 0 Å². The molecule has 7 nitrogen and oxygen atoms in total. The second kappa shape index (κ2) is 10.1. The summed E-state index contributed by atoms with van der Waals surface area (Å²) in [5, 5.41) is 14.9. The van der Waals surface area contributed by atoms with E-state index >= 15 is 0 Å². The molecule has 0 unspecified atom stereocenters. The van der Waals surface area contributed by atoms with Gasteiger partial charge in [0.25, 0.3) is 0 Å². The standard InChI is InChI=1S/C14H15I3N2O5/c1-3-7(20)18-4-6-10(15)9(14(22)23)12(17)13(11(6)16)19-8(21)5-24-2/h3-5H2,1-2H3,(H,18,20)(H,19,21)(H,22,23). The second-order valence-corrected chi connectivity index (χ2v) is 7.82. The minimum atomic E-state index is -1.09. The first-order valence-electron chi connectivity index (χ1n) is 6.72. The van der Waals surface area contributed by atoms with Crippen LogP contribution in [0.5, 0.6) is 0 Å².